The summed E-state index contributed by atoms with van der Waals surface area (Å²) in [6.07, 6.45) is 2.32. The largest absolute Gasteiger partial charge is 0.379 e. The van der Waals surface area contributed by atoms with Crippen LogP contribution in [0.3, 0.4) is 0 Å². The van der Waals surface area contributed by atoms with E-state index in [0.717, 1.165) is 6.42 Å². The molecule has 20 heavy (non-hydrogen) atoms. The molecule has 1 fully saturated rings. The summed E-state index contributed by atoms with van der Waals surface area (Å²) in [5.74, 6) is 0.603. The van der Waals surface area contributed by atoms with E-state index >= 15 is 0 Å². The molecule has 1 aromatic carbocycles. The Kier molecular flexibility index (Phi) is 2.98. The van der Waals surface area contributed by atoms with Gasteiger partial charge in [-0.05, 0) is 19.4 Å². The van der Waals surface area contributed by atoms with Crippen molar-refractivity contribution in [2.75, 3.05) is 18.5 Å². The molecule has 1 aromatic heterocycles. The number of fused-ring (bicyclic) bond motifs is 1. The van der Waals surface area contributed by atoms with Crippen LogP contribution in [0.15, 0.2) is 24.5 Å². The molecule has 0 spiro atoms. The summed E-state index contributed by atoms with van der Waals surface area (Å²) >= 11 is 0. The van der Waals surface area contributed by atoms with E-state index in [-0.39, 0.29) is 11.2 Å². The van der Waals surface area contributed by atoms with Gasteiger partial charge in [-0.15, -0.1) is 0 Å². The SMILES string of the molecule is CC1(Nc2ncnc3ccc([N+](=O)[O-])cc23)CCOC1. The lowest BCUT2D eigenvalue weighted by Gasteiger charge is -2.24. The van der Waals surface area contributed by atoms with Crippen LogP contribution >= 0.6 is 0 Å². The van der Waals surface area contributed by atoms with Gasteiger partial charge in [0.25, 0.3) is 5.69 Å². The van der Waals surface area contributed by atoms with E-state index in [1.807, 2.05) is 6.92 Å². The van der Waals surface area contributed by atoms with Crippen LogP contribution < -0.4 is 5.32 Å². The van der Waals surface area contributed by atoms with Crippen molar-refractivity contribution in [3.8, 4) is 0 Å². The molecule has 7 heteroatoms. The minimum atomic E-state index is -0.420. The molecule has 1 aliphatic heterocycles. The molecule has 1 unspecified atom stereocenters. The van der Waals surface area contributed by atoms with Crippen LogP contribution in [0.25, 0.3) is 10.9 Å². The van der Waals surface area contributed by atoms with Gasteiger partial charge in [-0.25, -0.2) is 9.97 Å². The zero-order valence-electron chi connectivity index (χ0n) is 11.0. The minimum absolute atomic E-state index is 0.0307. The molecule has 7 nitrogen and oxygen atoms in total. The number of anilines is 1. The molecule has 1 atom stereocenters. The van der Waals surface area contributed by atoms with E-state index in [0.29, 0.717) is 29.9 Å². The topological polar surface area (TPSA) is 90.2 Å². The smallest absolute Gasteiger partial charge is 0.270 e. The van der Waals surface area contributed by atoms with Gasteiger partial charge in [0, 0.05) is 24.1 Å². The lowest BCUT2D eigenvalue weighted by atomic mass is 10.0. The summed E-state index contributed by atoms with van der Waals surface area (Å²) in [5.41, 5.74) is 0.505. The Morgan fingerprint density at radius 2 is 2.30 bits per heavy atom. The Labute approximate surface area is 115 Å². The lowest BCUT2D eigenvalue weighted by Crippen LogP contribution is -2.35. The fraction of sp³-hybridized carbons (Fsp3) is 0.385. The van der Waals surface area contributed by atoms with Crippen LogP contribution in [0, 0.1) is 10.1 Å². The zero-order valence-corrected chi connectivity index (χ0v) is 11.0. The molecular formula is C13H14N4O3. The van der Waals surface area contributed by atoms with Crippen molar-refractivity contribution in [3.05, 3.63) is 34.6 Å². The molecule has 0 amide bonds. The van der Waals surface area contributed by atoms with Crippen LogP contribution in [-0.4, -0.2) is 33.6 Å². The summed E-state index contributed by atoms with van der Waals surface area (Å²) in [5, 5.41) is 14.9. The average molecular weight is 274 g/mol. The second kappa shape index (κ2) is 4.68. The Balaban J connectivity index is 2.05. The number of aromatic nitrogens is 2. The van der Waals surface area contributed by atoms with Gasteiger partial charge < -0.3 is 10.1 Å². The van der Waals surface area contributed by atoms with Crippen molar-refractivity contribution >= 4 is 22.4 Å². The molecule has 2 heterocycles. The molecule has 1 aliphatic rings. The average Bonchev–Trinajstić information content (AvgIpc) is 2.85. The Hall–Kier alpha value is -2.28. The number of non-ortho nitro benzene ring substituents is 1. The predicted octanol–water partition coefficient (Wildman–Crippen LogP) is 2.13. The van der Waals surface area contributed by atoms with Gasteiger partial charge in [0.05, 0.1) is 22.6 Å². The third-order valence-corrected chi connectivity index (χ3v) is 3.47. The highest BCUT2D eigenvalue weighted by molar-refractivity contribution is 5.90. The first kappa shape index (κ1) is 12.7. The number of nitro groups is 1. The van der Waals surface area contributed by atoms with Crippen molar-refractivity contribution in [3.63, 3.8) is 0 Å². The second-order valence-electron chi connectivity index (χ2n) is 5.17. The molecular weight excluding hydrogens is 260 g/mol. The Morgan fingerprint density at radius 1 is 1.45 bits per heavy atom. The maximum absolute atomic E-state index is 10.9. The molecule has 0 bridgehead atoms. The van der Waals surface area contributed by atoms with Gasteiger partial charge in [0.2, 0.25) is 0 Å². The summed E-state index contributed by atoms with van der Waals surface area (Å²) in [6.45, 7) is 3.34. The van der Waals surface area contributed by atoms with E-state index in [2.05, 4.69) is 15.3 Å². The Bertz CT molecular complexity index is 668. The van der Waals surface area contributed by atoms with Crippen molar-refractivity contribution < 1.29 is 9.66 Å². The number of nitro benzene ring substituents is 1. The highest BCUT2D eigenvalue weighted by atomic mass is 16.6. The molecule has 1 saturated heterocycles. The maximum Gasteiger partial charge on any atom is 0.270 e. The van der Waals surface area contributed by atoms with Crippen molar-refractivity contribution in [1.82, 2.24) is 9.97 Å². The Morgan fingerprint density at radius 3 is 3.00 bits per heavy atom. The van der Waals surface area contributed by atoms with Crippen LogP contribution in [0.5, 0.6) is 0 Å². The third-order valence-electron chi connectivity index (χ3n) is 3.47. The zero-order chi connectivity index (χ0) is 14.2. The third kappa shape index (κ3) is 2.27. The fourth-order valence-corrected chi connectivity index (χ4v) is 2.31. The minimum Gasteiger partial charge on any atom is -0.379 e. The van der Waals surface area contributed by atoms with Gasteiger partial charge in [-0.2, -0.15) is 0 Å². The van der Waals surface area contributed by atoms with Crippen molar-refractivity contribution in [1.29, 1.82) is 0 Å². The first-order valence-electron chi connectivity index (χ1n) is 6.32. The second-order valence-corrected chi connectivity index (χ2v) is 5.17. The first-order chi connectivity index (χ1) is 9.57. The predicted molar refractivity (Wildman–Crippen MR) is 73.7 cm³/mol. The highest BCUT2D eigenvalue weighted by Crippen LogP contribution is 2.29. The lowest BCUT2D eigenvalue weighted by molar-refractivity contribution is -0.384. The normalized spacial score (nSPS) is 22.1. The van der Waals surface area contributed by atoms with Gasteiger partial charge >= 0.3 is 0 Å². The van der Waals surface area contributed by atoms with Crippen LogP contribution in [0.2, 0.25) is 0 Å². The number of nitrogens with zero attached hydrogens (tertiary/aromatic N) is 3. The van der Waals surface area contributed by atoms with Crippen molar-refractivity contribution in [2.45, 2.75) is 18.9 Å². The van der Waals surface area contributed by atoms with E-state index in [4.69, 9.17) is 4.74 Å². The van der Waals surface area contributed by atoms with Gasteiger partial charge in [0.15, 0.2) is 0 Å². The maximum atomic E-state index is 10.9. The van der Waals surface area contributed by atoms with E-state index < -0.39 is 4.92 Å². The number of benzene rings is 1. The number of ether oxygens (including phenoxy) is 1. The fourth-order valence-electron chi connectivity index (χ4n) is 2.31. The molecule has 3 rings (SSSR count). The molecule has 0 radical (unpaired) electrons. The standard InChI is InChI=1S/C13H14N4O3/c1-13(4-5-20-7-13)16-12-10-6-9(17(18)19)2-3-11(10)14-8-15-12/h2-3,6,8H,4-5,7H2,1H3,(H,14,15,16). The van der Waals surface area contributed by atoms with Gasteiger partial charge in [0.1, 0.15) is 12.1 Å². The van der Waals surface area contributed by atoms with Gasteiger partial charge in [-0.1, -0.05) is 0 Å². The number of hydrogen-bond donors (Lipinski definition) is 1. The van der Waals surface area contributed by atoms with Crippen LogP contribution in [-0.2, 0) is 4.74 Å². The van der Waals surface area contributed by atoms with E-state index in [9.17, 15) is 10.1 Å². The molecule has 0 saturated carbocycles. The summed E-state index contributed by atoms with van der Waals surface area (Å²) in [7, 11) is 0. The molecule has 0 aliphatic carbocycles. The quantitative estimate of drug-likeness (QED) is 0.681. The van der Waals surface area contributed by atoms with Crippen molar-refractivity contribution in [2.24, 2.45) is 0 Å². The van der Waals surface area contributed by atoms with E-state index in [1.54, 1.807) is 6.07 Å². The van der Waals surface area contributed by atoms with Crippen LogP contribution in [0.1, 0.15) is 13.3 Å². The van der Waals surface area contributed by atoms with E-state index in [1.165, 1.54) is 18.5 Å². The molecule has 104 valence electrons. The molecule has 1 N–H and O–H groups in total. The first-order valence-corrected chi connectivity index (χ1v) is 6.32. The highest BCUT2D eigenvalue weighted by Gasteiger charge is 2.30. The summed E-state index contributed by atoms with van der Waals surface area (Å²) in [6, 6.07) is 4.57. The van der Waals surface area contributed by atoms with Crippen LogP contribution in [0.4, 0.5) is 11.5 Å². The van der Waals surface area contributed by atoms with Gasteiger partial charge in [-0.3, -0.25) is 10.1 Å². The number of nitrogens with one attached hydrogen (secondary N) is 1. The summed E-state index contributed by atoms with van der Waals surface area (Å²) in [4.78, 5) is 18.8. The number of hydrogen-bond acceptors (Lipinski definition) is 6. The molecule has 2 aromatic rings. The summed E-state index contributed by atoms with van der Waals surface area (Å²) < 4.78 is 5.39. The number of rotatable bonds is 3. The monoisotopic (exact) mass is 274 g/mol.